The monoisotopic (exact) mass is 404 g/mol. The summed E-state index contributed by atoms with van der Waals surface area (Å²) < 4.78 is 72.9. The minimum Gasteiger partial charge on any atom is -0.493 e. The Hall–Kier alpha value is -3.04. The predicted molar refractivity (Wildman–Crippen MR) is 91.5 cm³/mol. The fourth-order valence-corrected chi connectivity index (χ4v) is 2.26. The van der Waals surface area contributed by atoms with Gasteiger partial charge in [0.25, 0.3) is 0 Å². The molecular weight excluding hydrogens is 387 g/mol. The molecule has 5 nitrogen and oxygen atoms in total. The second-order valence-corrected chi connectivity index (χ2v) is 5.76. The number of anilines is 1. The summed E-state index contributed by atoms with van der Waals surface area (Å²) in [4.78, 5) is 12.1. The number of hydrogen-bond acceptors (Lipinski definition) is 3. The fraction of sp³-hybridized carbons (Fsp3) is 0.278. The molecular formula is C18H17F5N2O3. The van der Waals surface area contributed by atoms with Crippen LogP contribution in [0.4, 0.5) is 32.4 Å². The van der Waals surface area contributed by atoms with Crippen LogP contribution in [0.15, 0.2) is 36.4 Å². The Kier molecular flexibility index (Phi) is 6.66. The van der Waals surface area contributed by atoms with Crippen LogP contribution < -0.4 is 20.1 Å². The average Bonchev–Trinajstić information content (AvgIpc) is 2.61. The van der Waals surface area contributed by atoms with Crippen molar-refractivity contribution in [2.24, 2.45) is 0 Å². The van der Waals surface area contributed by atoms with Crippen molar-refractivity contribution in [2.75, 3.05) is 19.0 Å². The number of benzene rings is 2. The van der Waals surface area contributed by atoms with Gasteiger partial charge >= 0.3 is 12.2 Å². The SMILES string of the molecule is COc1ccc(NC(=O)NC(C)c2ccc(F)c(F)c2)cc1OCC(F)(F)F. The minimum absolute atomic E-state index is 0.0605. The van der Waals surface area contributed by atoms with E-state index < -0.39 is 36.5 Å². The lowest BCUT2D eigenvalue weighted by atomic mass is 10.1. The fourth-order valence-electron chi connectivity index (χ4n) is 2.26. The van der Waals surface area contributed by atoms with Gasteiger partial charge in [-0.1, -0.05) is 6.07 Å². The molecule has 0 aliphatic carbocycles. The van der Waals surface area contributed by atoms with Crippen molar-refractivity contribution in [3.05, 3.63) is 53.6 Å². The van der Waals surface area contributed by atoms with Gasteiger partial charge in [-0.05, 0) is 36.8 Å². The largest absolute Gasteiger partial charge is 0.493 e. The molecule has 0 heterocycles. The summed E-state index contributed by atoms with van der Waals surface area (Å²) in [5.74, 6) is -2.20. The Labute approximate surface area is 157 Å². The van der Waals surface area contributed by atoms with E-state index in [0.29, 0.717) is 5.56 Å². The van der Waals surface area contributed by atoms with Crippen LogP contribution in [-0.4, -0.2) is 25.9 Å². The predicted octanol–water partition coefficient (Wildman–Crippen LogP) is 4.80. The maximum Gasteiger partial charge on any atom is 0.422 e. The number of rotatable bonds is 6. The number of carbonyl (C=O) groups excluding carboxylic acids is 1. The van der Waals surface area contributed by atoms with Crippen molar-refractivity contribution in [1.82, 2.24) is 5.32 Å². The summed E-state index contributed by atoms with van der Waals surface area (Å²) in [5, 5.41) is 4.93. The van der Waals surface area contributed by atoms with Crippen LogP contribution in [0.2, 0.25) is 0 Å². The van der Waals surface area contributed by atoms with Gasteiger partial charge in [0.05, 0.1) is 13.2 Å². The van der Waals surface area contributed by atoms with Gasteiger partial charge in [-0.3, -0.25) is 0 Å². The van der Waals surface area contributed by atoms with E-state index in [1.54, 1.807) is 6.92 Å². The Balaban J connectivity index is 2.05. The van der Waals surface area contributed by atoms with E-state index in [0.717, 1.165) is 12.1 Å². The van der Waals surface area contributed by atoms with Crippen molar-refractivity contribution < 1.29 is 36.2 Å². The van der Waals surface area contributed by atoms with Crippen LogP contribution in [0, 0.1) is 11.6 Å². The maximum absolute atomic E-state index is 13.3. The van der Waals surface area contributed by atoms with Crippen LogP contribution in [0.5, 0.6) is 11.5 Å². The molecule has 0 fully saturated rings. The molecule has 10 heteroatoms. The lowest BCUT2D eigenvalue weighted by Gasteiger charge is -2.17. The highest BCUT2D eigenvalue weighted by molar-refractivity contribution is 5.89. The summed E-state index contributed by atoms with van der Waals surface area (Å²) in [5.41, 5.74) is 0.478. The molecule has 0 spiro atoms. The summed E-state index contributed by atoms with van der Waals surface area (Å²) in [6, 6.07) is 5.76. The third kappa shape index (κ3) is 6.00. The van der Waals surface area contributed by atoms with E-state index in [1.807, 2.05) is 0 Å². The Morgan fingerprint density at radius 3 is 2.39 bits per heavy atom. The third-order valence-corrected chi connectivity index (χ3v) is 3.60. The maximum atomic E-state index is 13.3. The molecule has 0 radical (unpaired) electrons. The van der Waals surface area contributed by atoms with Gasteiger partial charge in [0.2, 0.25) is 0 Å². The lowest BCUT2D eigenvalue weighted by molar-refractivity contribution is -0.153. The molecule has 0 bridgehead atoms. The van der Waals surface area contributed by atoms with Crippen LogP contribution in [0.1, 0.15) is 18.5 Å². The second kappa shape index (κ2) is 8.77. The van der Waals surface area contributed by atoms with Crippen molar-refractivity contribution >= 4 is 11.7 Å². The number of ether oxygens (including phenoxy) is 2. The number of methoxy groups -OCH3 is 1. The molecule has 152 valence electrons. The summed E-state index contributed by atoms with van der Waals surface area (Å²) in [6.07, 6.45) is -4.54. The van der Waals surface area contributed by atoms with Crippen molar-refractivity contribution in [2.45, 2.75) is 19.1 Å². The first-order valence-corrected chi connectivity index (χ1v) is 7.99. The standard InChI is InChI=1S/C18H17F5N2O3/c1-10(11-3-5-13(19)14(20)7-11)24-17(26)25-12-4-6-15(27-2)16(8-12)28-9-18(21,22)23/h3-8,10H,9H2,1-2H3,(H2,24,25,26). The molecule has 2 aromatic carbocycles. The van der Waals surface area contributed by atoms with E-state index in [9.17, 15) is 26.7 Å². The van der Waals surface area contributed by atoms with Crippen molar-refractivity contribution in [1.29, 1.82) is 0 Å². The third-order valence-electron chi connectivity index (χ3n) is 3.60. The van der Waals surface area contributed by atoms with Gasteiger partial charge in [-0.25, -0.2) is 13.6 Å². The molecule has 0 aromatic heterocycles. The molecule has 0 aliphatic heterocycles. The van der Waals surface area contributed by atoms with Gasteiger partial charge in [-0.15, -0.1) is 0 Å². The van der Waals surface area contributed by atoms with Crippen molar-refractivity contribution in [3.63, 3.8) is 0 Å². The number of hydrogen-bond donors (Lipinski definition) is 2. The number of alkyl halides is 3. The van der Waals surface area contributed by atoms with Gasteiger partial charge in [-0.2, -0.15) is 13.2 Å². The van der Waals surface area contributed by atoms with Crippen LogP contribution >= 0.6 is 0 Å². The van der Waals surface area contributed by atoms with Gasteiger partial charge in [0, 0.05) is 11.8 Å². The number of amides is 2. The number of halogens is 5. The molecule has 28 heavy (non-hydrogen) atoms. The van der Waals surface area contributed by atoms with Crippen molar-refractivity contribution in [3.8, 4) is 11.5 Å². The molecule has 2 amide bonds. The van der Waals surface area contributed by atoms with E-state index in [2.05, 4.69) is 10.6 Å². The number of carbonyl (C=O) groups is 1. The number of nitrogens with one attached hydrogen (secondary N) is 2. The first-order chi connectivity index (χ1) is 13.1. The van der Waals surface area contributed by atoms with E-state index in [-0.39, 0.29) is 17.2 Å². The Bertz CT molecular complexity index is 842. The Morgan fingerprint density at radius 2 is 1.79 bits per heavy atom. The second-order valence-electron chi connectivity index (χ2n) is 5.76. The molecule has 2 rings (SSSR count). The molecule has 0 saturated heterocycles. The first kappa shape index (κ1) is 21.3. The minimum atomic E-state index is -4.54. The van der Waals surface area contributed by atoms with Gasteiger partial charge in [0.1, 0.15) is 0 Å². The van der Waals surface area contributed by atoms with E-state index >= 15 is 0 Å². The number of urea groups is 1. The molecule has 0 aliphatic rings. The molecule has 0 saturated carbocycles. The normalized spacial score (nSPS) is 12.2. The molecule has 1 unspecified atom stereocenters. The highest BCUT2D eigenvalue weighted by atomic mass is 19.4. The average molecular weight is 404 g/mol. The summed E-state index contributed by atoms with van der Waals surface area (Å²) >= 11 is 0. The van der Waals surface area contributed by atoms with Gasteiger partial charge < -0.3 is 20.1 Å². The quantitative estimate of drug-likeness (QED) is 0.681. The zero-order valence-electron chi connectivity index (χ0n) is 14.9. The summed E-state index contributed by atoms with van der Waals surface area (Å²) in [7, 11) is 1.26. The zero-order chi connectivity index (χ0) is 20.9. The first-order valence-electron chi connectivity index (χ1n) is 7.99. The zero-order valence-corrected chi connectivity index (χ0v) is 14.9. The van der Waals surface area contributed by atoms with Gasteiger partial charge in [0.15, 0.2) is 29.7 Å². The highest BCUT2D eigenvalue weighted by Gasteiger charge is 2.29. The smallest absolute Gasteiger partial charge is 0.422 e. The highest BCUT2D eigenvalue weighted by Crippen LogP contribution is 2.31. The van der Waals surface area contributed by atoms with Crippen LogP contribution in [0.25, 0.3) is 0 Å². The van der Waals surface area contributed by atoms with E-state index in [4.69, 9.17) is 9.47 Å². The molecule has 2 aromatic rings. The van der Waals surface area contributed by atoms with Crippen LogP contribution in [-0.2, 0) is 0 Å². The summed E-state index contributed by atoms with van der Waals surface area (Å²) in [6.45, 7) is 0.0321. The molecule has 1 atom stereocenters. The molecule has 2 N–H and O–H groups in total. The van der Waals surface area contributed by atoms with E-state index in [1.165, 1.54) is 31.4 Å². The lowest BCUT2D eigenvalue weighted by Crippen LogP contribution is -2.31. The Morgan fingerprint density at radius 1 is 1.07 bits per heavy atom. The topological polar surface area (TPSA) is 59.6 Å². The van der Waals surface area contributed by atoms with Crippen LogP contribution in [0.3, 0.4) is 0 Å².